The van der Waals surface area contributed by atoms with Crippen molar-refractivity contribution in [2.75, 3.05) is 0 Å². The summed E-state index contributed by atoms with van der Waals surface area (Å²) in [5.41, 5.74) is 15.2. The molecular formula is C66H41N5. The summed E-state index contributed by atoms with van der Waals surface area (Å²) in [6, 6.07) is 89.8. The van der Waals surface area contributed by atoms with Crippen LogP contribution in [0.2, 0.25) is 0 Å². The number of hydrogen-bond donors (Lipinski definition) is 0. The fourth-order valence-electron chi connectivity index (χ4n) is 11.6. The Balaban J connectivity index is 0.989. The van der Waals surface area contributed by atoms with Crippen molar-refractivity contribution in [1.29, 1.82) is 0 Å². The number of benzene rings is 11. The van der Waals surface area contributed by atoms with E-state index in [1.54, 1.807) is 0 Å². The first-order valence-corrected chi connectivity index (χ1v) is 24.2. The van der Waals surface area contributed by atoms with Crippen LogP contribution in [-0.2, 0) is 0 Å². The second-order valence-electron chi connectivity index (χ2n) is 18.5. The highest BCUT2D eigenvalue weighted by Gasteiger charge is 2.23. The van der Waals surface area contributed by atoms with E-state index in [2.05, 4.69) is 262 Å². The first-order chi connectivity index (χ1) is 35.2. The molecule has 0 saturated carbocycles. The normalized spacial score (nSPS) is 11.9. The molecule has 0 N–H and O–H groups in total. The maximum absolute atomic E-state index is 5.55. The zero-order valence-corrected chi connectivity index (χ0v) is 38.4. The van der Waals surface area contributed by atoms with Crippen LogP contribution in [0.15, 0.2) is 249 Å². The maximum Gasteiger partial charge on any atom is 0.235 e. The van der Waals surface area contributed by atoms with Gasteiger partial charge in [-0.3, -0.25) is 4.57 Å². The van der Waals surface area contributed by atoms with E-state index >= 15 is 0 Å². The van der Waals surface area contributed by atoms with Crippen molar-refractivity contribution < 1.29 is 0 Å². The Kier molecular flexibility index (Phi) is 8.59. The van der Waals surface area contributed by atoms with Crippen LogP contribution in [0, 0.1) is 0 Å². The summed E-state index contributed by atoms with van der Waals surface area (Å²) in [4.78, 5) is 11.1. The highest BCUT2D eigenvalue weighted by Crippen LogP contribution is 2.44. The molecule has 0 unspecified atom stereocenters. The summed E-state index contributed by atoms with van der Waals surface area (Å²) >= 11 is 0. The Morgan fingerprint density at radius 2 is 0.704 bits per heavy atom. The van der Waals surface area contributed by atoms with Crippen molar-refractivity contribution in [3.8, 4) is 51.0 Å². The molecule has 0 bridgehead atoms. The van der Waals surface area contributed by atoms with Crippen LogP contribution in [0.4, 0.5) is 0 Å². The monoisotopic (exact) mass is 903 g/mol. The van der Waals surface area contributed by atoms with Gasteiger partial charge in [-0.1, -0.05) is 188 Å². The summed E-state index contributed by atoms with van der Waals surface area (Å²) < 4.78 is 7.16. The predicted octanol–water partition coefficient (Wildman–Crippen LogP) is 17.1. The molecule has 15 aromatic rings. The number of aromatic nitrogens is 5. The topological polar surface area (TPSA) is 40.6 Å². The number of fused-ring (bicyclic) bond motifs is 12. The second-order valence-corrected chi connectivity index (χ2v) is 18.5. The molecule has 0 spiro atoms. The van der Waals surface area contributed by atoms with Gasteiger partial charge in [-0.15, -0.1) is 0 Å². The third-order valence-corrected chi connectivity index (χ3v) is 14.6. The van der Waals surface area contributed by atoms with Crippen molar-refractivity contribution in [3.63, 3.8) is 0 Å². The third-order valence-electron chi connectivity index (χ3n) is 14.6. The first kappa shape index (κ1) is 39.4. The fraction of sp³-hybridized carbons (Fsp3) is 0. The zero-order valence-electron chi connectivity index (χ0n) is 38.4. The molecule has 0 saturated heterocycles. The Bertz CT molecular complexity index is 4540. The van der Waals surface area contributed by atoms with Crippen molar-refractivity contribution in [3.05, 3.63) is 249 Å². The van der Waals surface area contributed by atoms with Gasteiger partial charge in [0.15, 0.2) is 0 Å². The molecule has 0 fully saturated rings. The van der Waals surface area contributed by atoms with Crippen LogP contribution in [0.25, 0.3) is 138 Å². The molecule has 11 aromatic carbocycles. The average Bonchev–Trinajstić information content (AvgIpc) is 4.08. The molecule has 15 rings (SSSR count). The van der Waals surface area contributed by atoms with Crippen molar-refractivity contribution in [2.45, 2.75) is 0 Å². The summed E-state index contributed by atoms with van der Waals surface area (Å²) in [6.07, 6.45) is 0. The molecule has 0 radical (unpaired) electrons. The molecular weight excluding hydrogens is 863 g/mol. The van der Waals surface area contributed by atoms with Crippen LogP contribution < -0.4 is 0 Å². The summed E-state index contributed by atoms with van der Waals surface area (Å²) in [5, 5.41) is 11.8. The Hall–Kier alpha value is -9.58. The van der Waals surface area contributed by atoms with Gasteiger partial charge in [0.1, 0.15) is 0 Å². The molecule has 0 amide bonds. The van der Waals surface area contributed by atoms with Gasteiger partial charge in [-0.25, -0.2) is 9.97 Å². The van der Waals surface area contributed by atoms with E-state index in [4.69, 9.17) is 9.97 Å². The summed E-state index contributed by atoms with van der Waals surface area (Å²) in [6.45, 7) is 0. The van der Waals surface area contributed by atoms with E-state index in [0.29, 0.717) is 5.95 Å². The van der Waals surface area contributed by atoms with Crippen LogP contribution in [0.5, 0.6) is 0 Å². The number of hydrogen-bond acceptors (Lipinski definition) is 2. The quantitative estimate of drug-likeness (QED) is 0.167. The smallest absolute Gasteiger partial charge is 0.235 e. The van der Waals surface area contributed by atoms with Crippen LogP contribution >= 0.6 is 0 Å². The highest BCUT2D eigenvalue weighted by atomic mass is 15.2. The highest BCUT2D eigenvalue weighted by molar-refractivity contribution is 6.29. The number of nitrogens with zero attached hydrogens (tertiary/aromatic N) is 5. The van der Waals surface area contributed by atoms with Gasteiger partial charge in [0.2, 0.25) is 5.95 Å². The van der Waals surface area contributed by atoms with Crippen molar-refractivity contribution >= 4 is 87.0 Å². The fourth-order valence-corrected chi connectivity index (χ4v) is 11.6. The standard InChI is InChI=1S/C66H41N5/c1-2-17-42(18-3-1)45-23-14-24-46(39-45)69-59-33-12-9-28-54(59)64-61(69)37-38-62-65(64)55-29-10-13-34-60(55)70(62)47-35-36-53-52-27-8-11-32-58(52)71(63(53)40-47)66-67-56(50-30-15-21-43-19-4-6-25-48(43)50)41-57(68-66)51-31-16-22-44-20-5-7-26-49(44)51/h1-41H. The molecule has 0 atom stereocenters. The minimum atomic E-state index is 0.620. The van der Waals surface area contributed by atoms with Gasteiger partial charge < -0.3 is 9.13 Å². The van der Waals surface area contributed by atoms with Crippen molar-refractivity contribution in [2.24, 2.45) is 0 Å². The van der Waals surface area contributed by atoms with E-state index in [1.165, 1.54) is 54.5 Å². The zero-order chi connectivity index (χ0) is 46.6. The van der Waals surface area contributed by atoms with Crippen molar-refractivity contribution in [1.82, 2.24) is 23.7 Å². The van der Waals surface area contributed by atoms with Gasteiger partial charge >= 0.3 is 0 Å². The lowest BCUT2D eigenvalue weighted by atomic mass is 9.99. The molecule has 4 heterocycles. The maximum atomic E-state index is 5.55. The Morgan fingerprint density at radius 3 is 1.31 bits per heavy atom. The molecule has 71 heavy (non-hydrogen) atoms. The predicted molar refractivity (Wildman–Crippen MR) is 296 cm³/mol. The molecule has 0 aliphatic carbocycles. The average molecular weight is 904 g/mol. The van der Waals surface area contributed by atoms with Gasteiger partial charge in [-0.2, -0.15) is 0 Å². The van der Waals surface area contributed by atoms with Crippen LogP contribution in [-0.4, -0.2) is 23.7 Å². The largest absolute Gasteiger partial charge is 0.309 e. The van der Waals surface area contributed by atoms with E-state index in [1.807, 2.05) is 0 Å². The lowest BCUT2D eigenvalue weighted by Gasteiger charge is -2.14. The van der Waals surface area contributed by atoms with E-state index in [-0.39, 0.29) is 0 Å². The molecule has 4 aromatic heterocycles. The van der Waals surface area contributed by atoms with E-state index in [9.17, 15) is 0 Å². The van der Waals surface area contributed by atoms with E-state index in [0.717, 1.165) is 77.5 Å². The van der Waals surface area contributed by atoms with Crippen LogP contribution in [0.1, 0.15) is 0 Å². The summed E-state index contributed by atoms with van der Waals surface area (Å²) in [5.74, 6) is 0.620. The van der Waals surface area contributed by atoms with Gasteiger partial charge in [0, 0.05) is 54.8 Å². The second kappa shape index (κ2) is 15.5. The van der Waals surface area contributed by atoms with Crippen LogP contribution in [0.3, 0.4) is 0 Å². The summed E-state index contributed by atoms with van der Waals surface area (Å²) in [7, 11) is 0. The minimum Gasteiger partial charge on any atom is -0.309 e. The molecule has 0 aliphatic heterocycles. The van der Waals surface area contributed by atoms with Gasteiger partial charge in [-0.05, 0) is 93.3 Å². The van der Waals surface area contributed by atoms with Gasteiger partial charge in [0.05, 0.1) is 44.5 Å². The molecule has 5 nitrogen and oxygen atoms in total. The molecule has 330 valence electrons. The SMILES string of the molecule is c1ccc(-c2cccc(-n3c4ccccc4c4c5c6ccccc6n(-c6ccc7c8ccccc8n(-c8nc(-c9cccc%10ccccc9%10)cc(-c9cccc%10ccccc9%10)n8)c7c6)c5ccc43)c2)cc1. The first-order valence-electron chi connectivity index (χ1n) is 24.2. The van der Waals surface area contributed by atoms with Gasteiger partial charge in [0.25, 0.3) is 0 Å². The molecule has 0 aliphatic rings. The van der Waals surface area contributed by atoms with E-state index < -0.39 is 0 Å². The third kappa shape index (κ3) is 6.00. The Labute approximate surface area is 408 Å². The number of para-hydroxylation sites is 3. The molecule has 5 heteroatoms. The minimum absolute atomic E-state index is 0.620. The number of rotatable bonds is 6. The lowest BCUT2D eigenvalue weighted by Crippen LogP contribution is -2.04. The lowest BCUT2D eigenvalue weighted by molar-refractivity contribution is 0.995. The Morgan fingerprint density at radius 1 is 0.254 bits per heavy atom.